The van der Waals surface area contributed by atoms with Gasteiger partial charge >= 0.3 is 5.97 Å². The van der Waals surface area contributed by atoms with Gasteiger partial charge in [-0.05, 0) is 36.4 Å². The third kappa shape index (κ3) is 4.67. The standard InChI is InChI=1S/C19H18N2O6/c1-24-15-9-8-14(17(25-2)18(15)26-3)19(23)27-11-16(22)21-13-6-4-12(10-20)5-7-13/h4-9H,11H2,1-3H3,(H,21,22). The Kier molecular flexibility index (Phi) is 6.61. The SMILES string of the molecule is COc1ccc(C(=O)OCC(=O)Nc2ccc(C#N)cc2)c(OC)c1OC. The van der Waals surface area contributed by atoms with E-state index in [1.54, 1.807) is 24.3 Å². The summed E-state index contributed by atoms with van der Waals surface area (Å²) in [5.74, 6) is -0.481. The van der Waals surface area contributed by atoms with Crippen LogP contribution in [-0.2, 0) is 9.53 Å². The van der Waals surface area contributed by atoms with Gasteiger partial charge in [-0.1, -0.05) is 0 Å². The van der Waals surface area contributed by atoms with Gasteiger partial charge in [0.1, 0.15) is 5.56 Å². The number of hydrogen-bond acceptors (Lipinski definition) is 7. The number of benzene rings is 2. The summed E-state index contributed by atoms with van der Waals surface area (Å²) in [4.78, 5) is 24.3. The normalized spacial score (nSPS) is 9.70. The first-order valence-electron chi connectivity index (χ1n) is 7.80. The van der Waals surface area contributed by atoms with Crippen LogP contribution in [0, 0.1) is 11.3 Å². The monoisotopic (exact) mass is 370 g/mol. The van der Waals surface area contributed by atoms with Crippen molar-refractivity contribution in [2.45, 2.75) is 0 Å². The lowest BCUT2D eigenvalue weighted by Crippen LogP contribution is -2.21. The number of esters is 1. The largest absolute Gasteiger partial charge is 0.493 e. The summed E-state index contributed by atoms with van der Waals surface area (Å²) in [5.41, 5.74) is 1.06. The lowest BCUT2D eigenvalue weighted by Gasteiger charge is -2.15. The minimum atomic E-state index is -0.747. The quantitative estimate of drug-likeness (QED) is 0.746. The second kappa shape index (κ2) is 9.10. The van der Waals surface area contributed by atoms with Gasteiger partial charge in [0.25, 0.3) is 5.91 Å². The zero-order valence-electron chi connectivity index (χ0n) is 15.1. The van der Waals surface area contributed by atoms with Gasteiger partial charge in [0, 0.05) is 5.69 Å². The van der Waals surface area contributed by atoms with Gasteiger partial charge < -0.3 is 24.3 Å². The average molecular weight is 370 g/mol. The third-order valence-corrected chi connectivity index (χ3v) is 3.56. The summed E-state index contributed by atoms with van der Waals surface area (Å²) < 4.78 is 20.6. The molecule has 0 spiro atoms. The van der Waals surface area contributed by atoms with Crippen molar-refractivity contribution in [1.82, 2.24) is 0 Å². The van der Waals surface area contributed by atoms with Crippen molar-refractivity contribution in [3.63, 3.8) is 0 Å². The van der Waals surface area contributed by atoms with E-state index < -0.39 is 18.5 Å². The lowest BCUT2D eigenvalue weighted by atomic mass is 10.1. The van der Waals surface area contributed by atoms with Crippen molar-refractivity contribution in [2.24, 2.45) is 0 Å². The highest BCUT2D eigenvalue weighted by Crippen LogP contribution is 2.39. The number of nitrogens with one attached hydrogen (secondary N) is 1. The van der Waals surface area contributed by atoms with E-state index in [1.807, 2.05) is 6.07 Å². The molecule has 0 radical (unpaired) electrons. The van der Waals surface area contributed by atoms with Crippen molar-refractivity contribution >= 4 is 17.6 Å². The molecular formula is C19H18N2O6. The van der Waals surface area contributed by atoms with Crippen LogP contribution in [-0.4, -0.2) is 39.8 Å². The van der Waals surface area contributed by atoms with Gasteiger partial charge in [-0.2, -0.15) is 5.26 Å². The second-order valence-corrected chi connectivity index (χ2v) is 5.20. The molecule has 8 heteroatoms. The number of amides is 1. The van der Waals surface area contributed by atoms with Gasteiger partial charge in [-0.25, -0.2) is 4.79 Å². The van der Waals surface area contributed by atoms with Gasteiger partial charge in [0.15, 0.2) is 18.1 Å². The summed E-state index contributed by atoms with van der Waals surface area (Å²) in [6.07, 6.45) is 0. The Hall–Kier alpha value is -3.73. The Morgan fingerprint density at radius 1 is 0.963 bits per heavy atom. The topological polar surface area (TPSA) is 107 Å². The van der Waals surface area contributed by atoms with Crippen LogP contribution >= 0.6 is 0 Å². The number of nitrogens with zero attached hydrogens (tertiary/aromatic N) is 1. The van der Waals surface area contributed by atoms with Crippen LogP contribution in [0.3, 0.4) is 0 Å². The van der Waals surface area contributed by atoms with Gasteiger partial charge in [-0.15, -0.1) is 0 Å². The summed E-state index contributed by atoms with van der Waals surface area (Å²) >= 11 is 0. The number of anilines is 1. The second-order valence-electron chi connectivity index (χ2n) is 5.20. The van der Waals surface area contributed by atoms with Crippen LogP contribution in [0.2, 0.25) is 0 Å². The summed E-state index contributed by atoms with van der Waals surface area (Å²) in [5, 5.41) is 11.3. The van der Waals surface area contributed by atoms with Crippen molar-refractivity contribution in [3.05, 3.63) is 47.5 Å². The Labute approximate surface area is 156 Å². The van der Waals surface area contributed by atoms with Crippen molar-refractivity contribution in [2.75, 3.05) is 33.3 Å². The molecule has 0 atom stereocenters. The predicted octanol–water partition coefficient (Wildman–Crippen LogP) is 2.38. The van der Waals surface area contributed by atoms with E-state index in [4.69, 9.17) is 24.2 Å². The maximum Gasteiger partial charge on any atom is 0.342 e. The number of rotatable bonds is 7. The number of nitriles is 1. The molecule has 2 rings (SSSR count). The van der Waals surface area contributed by atoms with E-state index in [1.165, 1.54) is 33.5 Å². The van der Waals surface area contributed by atoms with Gasteiger partial charge in [0.2, 0.25) is 5.75 Å². The fourth-order valence-electron chi connectivity index (χ4n) is 2.30. The van der Waals surface area contributed by atoms with Crippen LogP contribution in [0.1, 0.15) is 15.9 Å². The molecule has 0 saturated heterocycles. The first kappa shape index (κ1) is 19.6. The lowest BCUT2D eigenvalue weighted by molar-refractivity contribution is -0.119. The van der Waals surface area contributed by atoms with E-state index in [0.29, 0.717) is 17.0 Å². The molecular weight excluding hydrogens is 352 g/mol. The third-order valence-electron chi connectivity index (χ3n) is 3.56. The number of carbonyl (C=O) groups excluding carboxylic acids is 2. The minimum Gasteiger partial charge on any atom is -0.493 e. The van der Waals surface area contributed by atoms with Crippen molar-refractivity contribution < 1.29 is 28.5 Å². The summed E-state index contributed by atoms with van der Waals surface area (Å²) in [6, 6.07) is 11.3. The molecule has 140 valence electrons. The Balaban J connectivity index is 2.04. The minimum absolute atomic E-state index is 0.0984. The average Bonchev–Trinajstić information content (AvgIpc) is 2.71. The zero-order chi connectivity index (χ0) is 19.8. The highest BCUT2D eigenvalue weighted by molar-refractivity contribution is 5.97. The number of methoxy groups -OCH3 is 3. The molecule has 0 aliphatic carbocycles. The number of hydrogen-bond donors (Lipinski definition) is 1. The van der Waals surface area contributed by atoms with Crippen LogP contribution in [0.15, 0.2) is 36.4 Å². The van der Waals surface area contributed by atoms with Crippen LogP contribution < -0.4 is 19.5 Å². The van der Waals surface area contributed by atoms with Gasteiger partial charge in [0.05, 0.1) is 33.0 Å². The Morgan fingerprint density at radius 3 is 2.19 bits per heavy atom. The van der Waals surface area contributed by atoms with Crippen LogP contribution in [0.4, 0.5) is 5.69 Å². The first-order chi connectivity index (χ1) is 13.0. The van der Waals surface area contributed by atoms with Crippen LogP contribution in [0.25, 0.3) is 0 Å². The Bertz CT molecular complexity index is 871. The zero-order valence-corrected chi connectivity index (χ0v) is 15.1. The summed E-state index contributed by atoms with van der Waals surface area (Å²) in [7, 11) is 4.26. The fourth-order valence-corrected chi connectivity index (χ4v) is 2.30. The van der Waals surface area contributed by atoms with Gasteiger partial charge in [-0.3, -0.25) is 4.79 Å². The molecule has 1 amide bonds. The van der Waals surface area contributed by atoms with E-state index in [-0.39, 0.29) is 17.1 Å². The van der Waals surface area contributed by atoms with Crippen LogP contribution in [0.5, 0.6) is 17.2 Å². The molecule has 2 aromatic rings. The van der Waals surface area contributed by atoms with E-state index in [0.717, 1.165) is 0 Å². The highest BCUT2D eigenvalue weighted by Gasteiger charge is 2.22. The number of carbonyl (C=O) groups is 2. The molecule has 27 heavy (non-hydrogen) atoms. The molecule has 8 nitrogen and oxygen atoms in total. The smallest absolute Gasteiger partial charge is 0.342 e. The maximum absolute atomic E-state index is 12.3. The molecule has 0 unspecified atom stereocenters. The Morgan fingerprint density at radius 2 is 1.63 bits per heavy atom. The van der Waals surface area contributed by atoms with E-state index in [2.05, 4.69) is 5.32 Å². The molecule has 0 aliphatic heterocycles. The first-order valence-corrected chi connectivity index (χ1v) is 7.80. The predicted molar refractivity (Wildman–Crippen MR) is 96.2 cm³/mol. The molecule has 0 bridgehead atoms. The molecule has 0 saturated carbocycles. The summed E-state index contributed by atoms with van der Waals surface area (Å²) in [6.45, 7) is -0.490. The molecule has 2 aromatic carbocycles. The molecule has 0 fully saturated rings. The van der Waals surface area contributed by atoms with E-state index >= 15 is 0 Å². The molecule has 1 N–H and O–H groups in total. The fraction of sp³-hybridized carbons (Fsp3) is 0.211. The highest BCUT2D eigenvalue weighted by atomic mass is 16.5. The van der Waals surface area contributed by atoms with Crippen molar-refractivity contribution in [1.29, 1.82) is 5.26 Å². The number of ether oxygens (including phenoxy) is 4. The molecule has 0 aromatic heterocycles. The molecule has 0 heterocycles. The molecule has 0 aliphatic rings. The van der Waals surface area contributed by atoms with E-state index in [9.17, 15) is 9.59 Å². The maximum atomic E-state index is 12.3. The van der Waals surface area contributed by atoms with Crippen molar-refractivity contribution in [3.8, 4) is 23.3 Å².